The number of ether oxygens (including phenoxy) is 3. The van der Waals surface area contributed by atoms with Gasteiger partial charge in [-0.2, -0.15) is 0 Å². The molecule has 0 aliphatic heterocycles. The number of methoxy groups -OCH3 is 1. The lowest BCUT2D eigenvalue weighted by Gasteiger charge is -2.15. The average Bonchev–Trinajstić information content (AvgIpc) is 2.62. The molecule has 0 aromatic heterocycles. The first-order valence-corrected chi connectivity index (χ1v) is 8.82. The Hall–Kier alpha value is -2.69. The third-order valence-electron chi connectivity index (χ3n) is 3.81. The molecule has 0 saturated carbocycles. The minimum atomic E-state index is -0.631. The molecule has 0 aliphatic carbocycles. The topological polar surface area (TPSA) is 56.8 Å². The van der Waals surface area contributed by atoms with Crippen molar-refractivity contribution in [3.8, 4) is 17.2 Å². The standard InChI is InChI=1S/C21H27NO4/c1-15(2)12-13-25-20-7-5-6-17(14-20)22-21(23)16(3)26-19-10-8-18(24-4)9-11-19/h5-11,14-16H,12-13H2,1-4H3,(H,22,23). The summed E-state index contributed by atoms with van der Waals surface area (Å²) in [5.41, 5.74) is 0.683. The molecule has 0 heterocycles. The number of nitrogens with one attached hydrogen (secondary N) is 1. The summed E-state index contributed by atoms with van der Waals surface area (Å²) in [6, 6.07) is 14.5. The van der Waals surface area contributed by atoms with Gasteiger partial charge in [-0.25, -0.2) is 0 Å². The monoisotopic (exact) mass is 357 g/mol. The Kier molecular flexibility index (Phi) is 7.33. The van der Waals surface area contributed by atoms with Gasteiger partial charge in [-0.05, 0) is 55.7 Å². The van der Waals surface area contributed by atoms with Crippen molar-refractivity contribution in [3.05, 3.63) is 48.5 Å². The Bertz CT molecular complexity index is 697. The Morgan fingerprint density at radius 2 is 1.69 bits per heavy atom. The first-order valence-electron chi connectivity index (χ1n) is 8.82. The van der Waals surface area contributed by atoms with Gasteiger partial charge in [0.05, 0.1) is 13.7 Å². The van der Waals surface area contributed by atoms with Crippen LogP contribution in [-0.4, -0.2) is 25.7 Å². The molecule has 5 heteroatoms. The lowest BCUT2D eigenvalue weighted by Crippen LogP contribution is -2.30. The maximum absolute atomic E-state index is 12.4. The van der Waals surface area contributed by atoms with Crippen LogP contribution < -0.4 is 19.5 Å². The lowest BCUT2D eigenvalue weighted by molar-refractivity contribution is -0.122. The van der Waals surface area contributed by atoms with E-state index >= 15 is 0 Å². The van der Waals surface area contributed by atoms with Crippen molar-refractivity contribution in [2.24, 2.45) is 5.92 Å². The van der Waals surface area contributed by atoms with Crippen molar-refractivity contribution >= 4 is 11.6 Å². The number of rotatable bonds is 9. The van der Waals surface area contributed by atoms with E-state index in [1.807, 2.05) is 24.3 Å². The lowest BCUT2D eigenvalue weighted by atomic mass is 10.1. The molecule has 0 bridgehead atoms. The van der Waals surface area contributed by atoms with Gasteiger partial charge in [0.1, 0.15) is 17.2 Å². The highest BCUT2D eigenvalue weighted by molar-refractivity contribution is 5.94. The highest BCUT2D eigenvalue weighted by Crippen LogP contribution is 2.20. The molecule has 1 unspecified atom stereocenters. The molecule has 0 fully saturated rings. The fourth-order valence-corrected chi connectivity index (χ4v) is 2.23. The predicted molar refractivity (Wildman–Crippen MR) is 103 cm³/mol. The van der Waals surface area contributed by atoms with Crippen molar-refractivity contribution in [2.45, 2.75) is 33.3 Å². The third kappa shape index (κ3) is 6.31. The normalized spacial score (nSPS) is 11.7. The second-order valence-corrected chi connectivity index (χ2v) is 6.48. The van der Waals surface area contributed by atoms with Crippen molar-refractivity contribution in [1.29, 1.82) is 0 Å². The number of carbonyl (C=O) groups excluding carboxylic acids is 1. The zero-order valence-corrected chi connectivity index (χ0v) is 15.8. The molecule has 2 aromatic carbocycles. The van der Waals surface area contributed by atoms with E-state index in [0.29, 0.717) is 24.0 Å². The van der Waals surface area contributed by atoms with Crippen LogP contribution in [0.4, 0.5) is 5.69 Å². The van der Waals surface area contributed by atoms with Crippen molar-refractivity contribution in [1.82, 2.24) is 0 Å². The number of amides is 1. The van der Waals surface area contributed by atoms with Gasteiger partial charge in [0.15, 0.2) is 6.10 Å². The molecule has 0 saturated heterocycles. The summed E-state index contributed by atoms with van der Waals surface area (Å²) in [7, 11) is 1.60. The van der Waals surface area contributed by atoms with Gasteiger partial charge < -0.3 is 19.5 Å². The molecule has 26 heavy (non-hydrogen) atoms. The number of hydrogen-bond donors (Lipinski definition) is 1. The summed E-state index contributed by atoms with van der Waals surface area (Å²) < 4.78 is 16.5. The van der Waals surface area contributed by atoms with Gasteiger partial charge in [0.2, 0.25) is 0 Å². The van der Waals surface area contributed by atoms with Gasteiger partial charge in [-0.3, -0.25) is 4.79 Å². The van der Waals surface area contributed by atoms with E-state index in [0.717, 1.165) is 17.9 Å². The largest absolute Gasteiger partial charge is 0.497 e. The highest BCUT2D eigenvalue weighted by atomic mass is 16.5. The van der Waals surface area contributed by atoms with E-state index < -0.39 is 6.10 Å². The molecule has 5 nitrogen and oxygen atoms in total. The van der Waals surface area contributed by atoms with E-state index in [2.05, 4.69) is 19.2 Å². The van der Waals surface area contributed by atoms with Crippen LogP contribution >= 0.6 is 0 Å². The fraction of sp³-hybridized carbons (Fsp3) is 0.381. The second kappa shape index (κ2) is 9.70. The second-order valence-electron chi connectivity index (χ2n) is 6.48. The Balaban J connectivity index is 1.89. The SMILES string of the molecule is COc1ccc(OC(C)C(=O)Nc2cccc(OCCC(C)C)c2)cc1. The molecule has 1 amide bonds. The minimum absolute atomic E-state index is 0.222. The summed E-state index contributed by atoms with van der Waals surface area (Å²) in [6.07, 6.45) is 0.359. The van der Waals surface area contributed by atoms with Gasteiger partial charge in [-0.1, -0.05) is 19.9 Å². The summed E-state index contributed by atoms with van der Waals surface area (Å²) in [6.45, 7) is 6.68. The van der Waals surface area contributed by atoms with Crippen molar-refractivity contribution in [2.75, 3.05) is 19.0 Å². The molecule has 2 aromatic rings. The Morgan fingerprint density at radius 1 is 1.00 bits per heavy atom. The van der Waals surface area contributed by atoms with Crippen molar-refractivity contribution < 1.29 is 19.0 Å². The Labute approximate surface area is 155 Å². The highest BCUT2D eigenvalue weighted by Gasteiger charge is 2.15. The average molecular weight is 357 g/mol. The molecule has 0 spiro atoms. The maximum atomic E-state index is 12.4. The smallest absolute Gasteiger partial charge is 0.265 e. The van der Waals surface area contributed by atoms with E-state index in [-0.39, 0.29) is 5.91 Å². The molecule has 0 aliphatic rings. The molecular weight excluding hydrogens is 330 g/mol. The van der Waals surface area contributed by atoms with E-state index in [1.165, 1.54) is 0 Å². The molecule has 2 rings (SSSR count). The predicted octanol–water partition coefficient (Wildman–Crippen LogP) is 4.53. The summed E-state index contributed by atoms with van der Waals surface area (Å²) in [5.74, 6) is 2.46. The molecule has 140 valence electrons. The van der Waals surface area contributed by atoms with Crippen LogP contribution in [0.1, 0.15) is 27.2 Å². The van der Waals surface area contributed by atoms with Crippen molar-refractivity contribution in [3.63, 3.8) is 0 Å². The number of anilines is 1. The van der Waals surface area contributed by atoms with Crippen LogP contribution in [0.3, 0.4) is 0 Å². The summed E-state index contributed by atoms with van der Waals surface area (Å²) in [5, 5.41) is 2.86. The van der Waals surface area contributed by atoms with Crippen LogP contribution in [-0.2, 0) is 4.79 Å². The van der Waals surface area contributed by atoms with Crippen LogP contribution in [0.15, 0.2) is 48.5 Å². The zero-order valence-electron chi connectivity index (χ0n) is 15.8. The maximum Gasteiger partial charge on any atom is 0.265 e. The van der Waals surface area contributed by atoms with E-state index in [4.69, 9.17) is 14.2 Å². The van der Waals surface area contributed by atoms with Crippen LogP contribution in [0, 0.1) is 5.92 Å². The van der Waals surface area contributed by atoms with E-state index in [1.54, 1.807) is 38.3 Å². The minimum Gasteiger partial charge on any atom is -0.497 e. The van der Waals surface area contributed by atoms with Gasteiger partial charge in [0, 0.05) is 11.8 Å². The quantitative estimate of drug-likeness (QED) is 0.716. The fourth-order valence-electron chi connectivity index (χ4n) is 2.23. The molecular formula is C21H27NO4. The third-order valence-corrected chi connectivity index (χ3v) is 3.81. The Morgan fingerprint density at radius 3 is 2.35 bits per heavy atom. The molecule has 0 radical (unpaired) electrons. The number of hydrogen-bond acceptors (Lipinski definition) is 4. The van der Waals surface area contributed by atoms with Gasteiger partial charge >= 0.3 is 0 Å². The van der Waals surface area contributed by atoms with Crippen LogP contribution in [0.2, 0.25) is 0 Å². The first kappa shape index (κ1) is 19.6. The molecule has 1 atom stereocenters. The number of carbonyl (C=O) groups is 1. The number of benzene rings is 2. The zero-order chi connectivity index (χ0) is 18.9. The molecule has 1 N–H and O–H groups in total. The first-order chi connectivity index (χ1) is 12.5. The van der Waals surface area contributed by atoms with Gasteiger partial charge in [-0.15, -0.1) is 0 Å². The summed E-state index contributed by atoms with van der Waals surface area (Å²) >= 11 is 0. The van der Waals surface area contributed by atoms with Crippen LogP contribution in [0.25, 0.3) is 0 Å². The van der Waals surface area contributed by atoms with Gasteiger partial charge in [0.25, 0.3) is 5.91 Å². The summed E-state index contributed by atoms with van der Waals surface area (Å²) in [4.78, 5) is 12.4. The van der Waals surface area contributed by atoms with Crippen LogP contribution in [0.5, 0.6) is 17.2 Å². The van der Waals surface area contributed by atoms with E-state index in [9.17, 15) is 4.79 Å².